The molecular formula is C20H26N4O3. The van der Waals surface area contributed by atoms with E-state index in [2.05, 4.69) is 35.4 Å². The summed E-state index contributed by atoms with van der Waals surface area (Å²) >= 11 is 0. The van der Waals surface area contributed by atoms with Crippen LogP contribution in [0.25, 0.3) is 0 Å². The van der Waals surface area contributed by atoms with Crippen molar-refractivity contribution in [2.75, 3.05) is 25.5 Å². The Morgan fingerprint density at radius 2 is 1.78 bits per heavy atom. The lowest BCUT2D eigenvalue weighted by molar-refractivity contribution is -0.384. The fourth-order valence-corrected chi connectivity index (χ4v) is 2.89. The number of benzene rings is 2. The van der Waals surface area contributed by atoms with Gasteiger partial charge in [0.25, 0.3) is 11.6 Å². The van der Waals surface area contributed by atoms with Gasteiger partial charge < -0.3 is 10.6 Å². The molecule has 2 N–H and O–H groups in total. The third-order valence-corrected chi connectivity index (χ3v) is 4.57. The molecule has 0 heterocycles. The van der Waals surface area contributed by atoms with Crippen LogP contribution in [0.3, 0.4) is 0 Å². The highest BCUT2D eigenvalue weighted by atomic mass is 16.6. The monoisotopic (exact) mass is 370 g/mol. The molecule has 0 aliphatic rings. The van der Waals surface area contributed by atoms with Crippen LogP contribution in [-0.2, 0) is 13.1 Å². The molecule has 7 nitrogen and oxygen atoms in total. The van der Waals surface area contributed by atoms with Crippen LogP contribution >= 0.6 is 0 Å². The molecule has 1 amide bonds. The van der Waals surface area contributed by atoms with Crippen LogP contribution in [0.4, 0.5) is 11.4 Å². The average molecular weight is 370 g/mol. The lowest BCUT2D eigenvalue weighted by Gasteiger charge is -2.20. The first-order valence-electron chi connectivity index (χ1n) is 9.03. The molecule has 2 aromatic carbocycles. The third-order valence-electron chi connectivity index (χ3n) is 4.57. The quantitative estimate of drug-likeness (QED) is 0.522. The minimum absolute atomic E-state index is 0.110. The summed E-state index contributed by atoms with van der Waals surface area (Å²) in [6.07, 6.45) is 0. The van der Waals surface area contributed by atoms with Crippen LogP contribution in [0, 0.1) is 10.1 Å². The lowest BCUT2D eigenvalue weighted by atomic mass is 10.1. The molecule has 0 atom stereocenters. The number of hydrogen-bond donors (Lipinski definition) is 2. The number of nitrogens with zero attached hydrogens (tertiary/aromatic N) is 2. The predicted molar refractivity (Wildman–Crippen MR) is 107 cm³/mol. The Balaban J connectivity index is 2.17. The van der Waals surface area contributed by atoms with E-state index in [4.69, 9.17) is 0 Å². The van der Waals surface area contributed by atoms with Crippen LogP contribution in [0.15, 0.2) is 42.5 Å². The SMILES string of the molecule is CCN(CC)Cc1ccccc1CNC(=O)c1cc([N+](=O)[O-])ccc1NC. The Labute approximate surface area is 159 Å². The van der Waals surface area contributed by atoms with Gasteiger partial charge in [-0.2, -0.15) is 0 Å². The highest BCUT2D eigenvalue weighted by Crippen LogP contribution is 2.22. The summed E-state index contributed by atoms with van der Waals surface area (Å²) in [6.45, 7) is 7.33. The van der Waals surface area contributed by atoms with E-state index in [1.54, 1.807) is 13.1 Å². The maximum absolute atomic E-state index is 12.6. The van der Waals surface area contributed by atoms with Crippen molar-refractivity contribution in [1.82, 2.24) is 10.2 Å². The van der Waals surface area contributed by atoms with Crippen molar-refractivity contribution in [3.63, 3.8) is 0 Å². The Hall–Kier alpha value is -2.93. The van der Waals surface area contributed by atoms with E-state index in [0.29, 0.717) is 12.2 Å². The van der Waals surface area contributed by atoms with Crippen LogP contribution < -0.4 is 10.6 Å². The standard InChI is InChI=1S/C20H26N4O3/c1-4-23(5-2)14-16-9-7-6-8-15(16)13-22-20(25)18-12-17(24(26)27)10-11-19(18)21-3/h6-12,21H,4-5,13-14H2,1-3H3,(H,22,25). The molecule has 0 aromatic heterocycles. The minimum Gasteiger partial charge on any atom is -0.387 e. The Morgan fingerprint density at radius 3 is 2.37 bits per heavy atom. The Kier molecular flexibility index (Phi) is 7.31. The molecule has 144 valence electrons. The van der Waals surface area contributed by atoms with Gasteiger partial charge >= 0.3 is 0 Å². The van der Waals surface area contributed by atoms with Crippen LogP contribution in [0.5, 0.6) is 0 Å². The molecule has 2 aromatic rings. The van der Waals surface area contributed by atoms with Gasteiger partial charge in [0.2, 0.25) is 0 Å². The van der Waals surface area contributed by atoms with Gasteiger partial charge in [-0.3, -0.25) is 19.8 Å². The van der Waals surface area contributed by atoms with Crippen LogP contribution in [0.1, 0.15) is 35.3 Å². The first kappa shape index (κ1) is 20.4. The number of nitro groups is 1. The summed E-state index contributed by atoms with van der Waals surface area (Å²) in [6, 6.07) is 12.2. The van der Waals surface area contributed by atoms with Crippen molar-refractivity contribution in [1.29, 1.82) is 0 Å². The van der Waals surface area contributed by atoms with Crippen molar-refractivity contribution in [3.8, 4) is 0 Å². The molecule has 0 radical (unpaired) electrons. The average Bonchev–Trinajstić information content (AvgIpc) is 2.70. The maximum Gasteiger partial charge on any atom is 0.270 e. The zero-order valence-electron chi connectivity index (χ0n) is 16.0. The van der Waals surface area contributed by atoms with E-state index in [-0.39, 0.29) is 17.2 Å². The summed E-state index contributed by atoms with van der Waals surface area (Å²) in [5.74, 6) is -0.347. The van der Waals surface area contributed by atoms with Gasteiger partial charge in [0, 0.05) is 38.0 Å². The van der Waals surface area contributed by atoms with Gasteiger partial charge in [0.05, 0.1) is 10.5 Å². The molecule has 27 heavy (non-hydrogen) atoms. The van der Waals surface area contributed by atoms with Gasteiger partial charge in [0.15, 0.2) is 0 Å². The highest BCUT2D eigenvalue weighted by molar-refractivity contribution is 6.00. The fraction of sp³-hybridized carbons (Fsp3) is 0.350. The van der Waals surface area contributed by atoms with Crippen LogP contribution in [0.2, 0.25) is 0 Å². The largest absolute Gasteiger partial charge is 0.387 e. The molecule has 0 spiro atoms. The van der Waals surface area contributed by atoms with Gasteiger partial charge in [0.1, 0.15) is 0 Å². The lowest BCUT2D eigenvalue weighted by Crippen LogP contribution is -2.26. The summed E-state index contributed by atoms with van der Waals surface area (Å²) in [5, 5.41) is 16.8. The zero-order valence-corrected chi connectivity index (χ0v) is 16.0. The molecule has 0 saturated heterocycles. The number of anilines is 1. The highest BCUT2D eigenvalue weighted by Gasteiger charge is 2.16. The van der Waals surface area contributed by atoms with Crippen molar-refractivity contribution in [2.45, 2.75) is 26.9 Å². The molecule has 0 bridgehead atoms. The zero-order chi connectivity index (χ0) is 19.8. The number of nitro benzene ring substituents is 1. The van der Waals surface area contributed by atoms with E-state index < -0.39 is 4.92 Å². The number of non-ortho nitro benzene ring substituents is 1. The Bertz CT molecular complexity index is 804. The van der Waals surface area contributed by atoms with Gasteiger partial charge in [-0.25, -0.2) is 0 Å². The summed E-state index contributed by atoms with van der Waals surface area (Å²) in [7, 11) is 1.68. The van der Waals surface area contributed by atoms with E-state index >= 15 is 0 Å². The molecule has 0 aliphatic heterocycles. The summed E-state index contributed by atoms with van der Waals surface area (Å²) < 4.78 is 0. The number of carbonyl (C=O) groups is 1. The van der Waals surface area contributed by atoms with E-state index in [9.17, 15) is 14.9 Å². The topological polar surface area (TPSA) is 87.5 Å². The molecule has 0 unspecified atom stereocenters. The van der Waals surface area contributed by atoms with Crippen molar-refractivity contribution in [2.24, 2.45) is 0 Å². The number of rotatable bonds is 9. The first-order valence-corrected chi connectivity index (χ1v) is 9.03. The second-order valence-electron chi connectivity index (χ2n) is 6.15. The minimum atomic E-state index is -0.504. The number of carbonyl (C=O) groups excluding carboxylic acids is 1. The van der Waals surface area contributed by atoms with E-state index in [0.717, 1.165) is 30.8 Å². The fourth-order valence-electron chi connectivity index (χ4n) is 2.89. The molecular weight excluding hydrogens is 344 g/mol. The van der Waals surface area contributed by atoms with E-state index in [1.807, 2.05) is 18.2 Å². The molecule has 0 aliphatic carbocycles. The van der Waals surface area contributed by atoms with E-state index in [1.165, 1.54) is 12.1 Å². The van der Waals surface area contributed by atoms with Gasteiger partial charge in [-0.05, 0) is 30.3 Å². The molecule has 2 rings (SSSR count). The van der Waals surface area contributed by atoms with Crippen molar-refractivity contribution in [3.05, 3.63) is 69.3 Å². The predicted octanol–water partition coefficient (Wildman–Crippen LogP) is 3.41. The molecule has 7 heteroatoms. The number of hydrogen-bond acceptors (Lipinski definition) is 5. The Morgan fingerprint density at radius 1 is 1.11 bits per heavy atom. The summed E-state index contributed by atoms with van der Waals surface area (Å²) in [4.78, 5) is 25.4. The second kappa shape index (κ2) is 9.68. The second-order valence-corrected chi connectivity index (χ2v) is 6.15. The van der Waals surface area contributed by atoms with Crippen LogP contribution in [-0.4, -0.2) is 35.9 Å². The maximum atomic E-state index is 12.6. The molecule has 0 saturated carbocycles. The number of nitrogens with one attached hydrogen (secondary N) is 2. The van der Waals surface area contributed by atoms with Gasteiger partial charge in [-0.1, -0.05) is 38.1 Å². The normalized spacial score (nSPS) is 10.7. The third kappa shape index (κ3) is 5.27. The molecule has 0 fully saturated rings. The van der Waals surface area contributed by atoms with Crippen molar-refractivity contribution < 1.29 is 9.72 Å². The first-order chi connectivity index (χ1) is 13.0. The smallest absolute Gasteiger partial charge is 0.270 e. The van der Waals surface area contributed by atoms with Gasteiger partial charge in [-0.15, -0.1) is 0 Å². The number of amides is 1. The van der Waals surface area contributed by atoms with Crippen molar-refractivity contribution >= 4 is 17.3 Å². The summed E-state index contributed by atoms with van der Waals surface area (Å²) in [5.41, 5.74) is 2.90.